The van der Waals surface area contributed by atoms with Crippen LogP contribution in [0.1, 0.15) is 11.7 Å². The molecule has 0 atom stereocenters. The summed E-state index contributed by atoms with van der Waals surface area (Å²) in [7, 11) is 0. The maximum atomic E-state index is 5.49. The minimum atomic E-state index is 0. The number of piperazine rings is 1. The highest BCUT2D eigenvalue weighted by Crippen LogP contribution is 2.28. The van der Waals surface area contributed by atoms with Crippen LogP contribution in [-0.4, -0.2) is 51.2 Å². The number of fused-ring (bicyclic) bond motifs is 1. The van der Waals surface area contributed by atoms with E-state index in [0.717, 1.165) is 42.2 Å². The van der Waals surface area contributed by atoms with Gasteiger partial charge in [-0.25, -0.2) is 9.97 Å². The Labute approximate surface area is 161 Å². The summed E-state index contributed by atoms with van der Waals surface area (Å²) in [5.41, 5.74) is 6.51. The lowest BCUT2D eigenvalue weighted by Crippen LogP contribution is -2.46. The Kier molecular flexibility index (Phi) is 6.91. The molecule has 2 N–H and O–H groups in total. The molecule has 1 aliphatic rings. The molecular weight excluding hydrogens is 385 g/mol. The monoisotopic (exact) mass is 403 g/mol. The summed E-state index contributed by atoms with van der Waals surface area (Å²) in [6.07, 6.45) is 1.64. The quantitative estimate of drug-likeness (QED) is 0.702. The van der Waals surface area contributed by atoms with E-state index in [4.69, 9.17) is 10.3 Å². The summed E-state index contributed by atoms with van der Waals surface area (Å²) in [4.78, 5) is 17.7. The van der Waals surface area contributed by atoms with Crippen LogP contribution in [0.3, 0.4) is 0 Å². The van der Waals surface area contributed by atoms with Crippen LogP contribution in [0.5, 0.6) is 0 Å². The smallest absolute Gasteiger partial charge is 0.240 e. The van der Waals surface area contributed by atoms with Crippen LogP contribution in [-0.2, 0) is 13.1 Å². The van der Waals surface area contributed by atoms with Crippen molar-refractivity contribution < 1.29 is 4.52 Å². The van der Waals surface area contributed by atoms with Crippen molar-refractivity contribution in [1.82, 2.24) is 25.0 Å². The maximum Gasteiger partial charge on any atom is 0.240 e. The summed E-state index contributed by atoms with van der Waals surface area (Å²) in [6, 6.07) is 2.03. The van der Waals surface area contributed by atoms with Gasteiger partial charge in [0.05, 0.1) is 23.3 Å². The zero-order valence-electron chi connectivity index (χ0n) is 13.4. The van der Waals surface area contributed by atoms with Gasteiger partial charge in [0, 0.05) is 26.2 Å². The second-order valence-electron chi connectivity index (χ2n) is 5.40. The molecule has 25 heavy (non-hydrogen) atoms. The molecule has 136 valence electrons. The Morgan fingerprint density at radius 1 is 1.16 bits per heavy atom. The van der Waals surface area contributed by atoms with Gasteiger partial charge in [-0.3, -0.25) is 4.90 Å². The molecule has 0 radical (unpaired) electrons. The Hall–Kier alpha value is -1.52. The average Bonchev–Trinajstić information content (AvgIpc) is 3.24. The predicted octanol–water partition coefficient (Wildman–Crippen LogP) is 1.70. The second kappa shape index (κ2) is 8.72. The molecule has 3 aromatic rings. The molecule has 0 spiro atoms. The molecule has 11 heteroatoms. The maximum absolute atomic E-state index is 5.49. The number of anilines is 1. The molecule has 0 saturated carbocycles. The van der Waals surface area contributed by atoms with Gasteiger partial charge in [-0.2, -0.15) is 4.98 Å². The fourth-order valence-electron chi connectivity index (χ4n) is 2.76. The fraction of sp³-hybridized carbons (Fsp3) is 0.429. The Morgan fingerprint density at radius 2 is 1.96 bits per heavy atom. The topological polar surface area (TPSA) is 97.2 Å². The van der Waals surface area contributed by atoms with Gasteiger partial charge in [-0.05, 0) is 11.4 Å². The minimum Gasteiger partial charge on any atom is -0.353 e. The lowest BCUT2D eigenvalue weighted by atomic mass is 10.3. The number of halogens is 2. The van der Waals surface area contributed by atoms with Gasteiger partial charge < -0.3 is 15.2 Å². The Morgan fingerprint density at radius 3 is 2.68 bits per heavy atom. The van der Waals surface area contributed by atoms with E-state index in [1.807, 2.05) is 6.07 Å². The van der Waals surface area contributed by atoms with Crippen LogP contribution in [0.2, 0.25) is 0 Å². The third-order valence-electron chi connectivity index (χ3n) is 3.95. The van der Waals surface area contributed by atoms with E-state index < -0.39 is 0 Å². The molecule has 1 saturated heterocycles. The van der Waals surface area contributed by atoms with Crippen molar-refractivity contribution >= 4 is 52.2 Å². The van der Waals surface area contributed by atoms with Gasteiger partial charge in [0.25, 0.3) is 0 Å². The highest BCUT2D eigenvalue weighted by Gasteiger charge is 2.21. The van der Waals surface area contributed by atoms with E-state index in [2.05, 4.69) is 35.3 Å². The number of hydrogen-bond donors (Lipinski definition) is 1. The third-order valence-corrected chi connectivity index (χ3v) is 4.85. The van der Waals surface area contributed by atoms with E-state index in [0.29, 0.717) is 18.3 Å². The fourth-order valence-corrected chi connectivity index (χ4v) is 3.62. The van der Waals surface area contributed by atoms with Crippen LogP contribution in [0, 0.1) is 0 Å². The van der Waals surface area contributed by atoms with Crippen molar-refractivity contribution in [2.24, 2.45) is 5.73 Å². The summed E-state index contributed by atoms with van der Waals surface area (Å²) in [5.74, 6) is 2.22. The molecule has 0 bridgehead atoms. The predicted molar refractivity (Wildman–Crippen MR) is 102 cm³/mol. The largest absolute Gasteiger partial charge is 0.353 e. The third kappa shape index (κ3) is 4.18. The first-order valence-corrected chi connectivity index (χ1v) is 8.38. The summed E-state index contributed by atoms with van der Waals surface area (Å²) in [6.45, 7) is 4.69. The van der Waals surface area contributed by atoms with E-state index in [-0.39, 0.29) is 31.4 Å². The minimum absolute atomic E-state index is 0. The standard InChI is InChI=1S/C14H17N7OS.2ClH/c15-7-12-18-11(19-22-12)8-20-2-4-21(5-3-20)14-13-10(1-6-23-13)16-9-17-14;;/h1,6,9H,2-5,7-8,15H2;2*1H. The lowest BCUT2D eigenvalue weighted by Gasteiger charge is -2.34. The van der Waals surface area contributed by atoms with Gasteiger partial charge in [0.2, 0.25) is 5.89 Å². The number of hydrogen-bond acceptors (Lipinski definition) is 9. The van der Waals surface area contributed by atoms with E-state index in [1.165, 1.54) is 0 Å². The molecule has 0 aliphatic carbocycles. The van der Waals surface area contributed by atoms with E-state index in [9.17, 15) is 0 Å². The van der Waals surface area contributed by atoms with Crippen molar-refractivity contribution in [3.63, 3.8) is 0 Å². The zero-order chi connectivity index (χ0) is 15.6. The number of thiophene rings is 1. The number of rotatable bonds is 4. The molecule has 8 nitrogen and oxygen atoms in total. The summed E-state index contributed by atoms with van der Waals surface area (Å²) >= 11 is 1.69. The molecule has 3 aromatic heterocycles. The van der Waals surface area contributed by atoms with Gasteiger partial charge in [0.15, 0.2) is 5.82 Å². The molecule has 0 aromatic carbocycles. The first kappa shape index (κ1) is 19.8. The molecule has 0 amide bonds. The summed E-state index contributed by atoms with van der Waals surface area (Å²) in [5, 5.41) is 6.01. The Bertz CT molecular complexity index is 803. The van der Waals surface area contributed by atoms with Crippen LogP contribution in [0.15, 0.2) is 22.3 Å². The van der Waals surface area contributed by atoms with Gasteiger partial charge >= 0.3 is 0 Å². The average molecular weight is 404 g/mol. The number of aromatic nitrogens is 4. The van der Waals surface area contributed by atoms with E-state index in [1.54, 1.807) is 17.7 Å². The highest BCUT2D eigenvalue weighted by molar-refractivity contribution is 7.17. The Balaban J connectivity index is 0.00000113. The molecule has 4 rings (SSSR count). The highest BCUT2D eigenvalue weighted by atomic mass is 35.5. The lowest BCUT2D eigenvalue weighted by molar-refractivity contribution is 0.239. The first-order valence-electron chi connectivity index (χ1n) is 7.50. The van der Waals surface area contributed by atoms with Crippen LogP contribution in [0.4, 0.5) is 5.82 Å². The number of nitrogens with zero attached hydrogens (tertiary/aromatic N) is 6. The van der Waals surface area contributed by atoms with Crippen LogP contribution >= 0.6 is 36.2 Å². The van der Waals surface area contributed by atoms with Crippen molar-refractivity contribution in [2.75, 3.05) is 31.1 Å². The molecule has 1 fully saturated rings. The second-order valence-corrected chi connectivity index (χ2v) is 6.32. The molecule has 1 aliphatic heterocycles. The van der Waals surface area contributed by atoms with Crippen molar-refractivity contribution in [2.45, 2.75) is 13.1 Å². The summed E-state index contributed by atoms with van der Waals surface area (Å²) < 4.78 is 6.21. The SMILES string of the molecule is Cl.Cl.NCc1nc(CN2CCN(c3ncnc4ccsc34)CC2)no1. The zero-order valence-corrected chi connectivity index (χ0v) is 15.8. The van der Waals surface area contributed by atoms with Gasteiger partial charge in [0.1, 0.15) is 12.1 Å². The van der Waals surface area contributed by atoms with Crippen LogP contribution < -0.4 is 10.6 Å². The van der Waals surface area contributed by atoms with Crippen molar-refractivity contribution in [3.05, 3.63) is 29.5 Å². The molecule has 0 unspecified atom stereocenters. The van der Waals surface area contributed by atoms with Crippen molar-refractivity contribution in [3.8, 4) is 0 Å². The van der Waals surface area contributed by atoms with Gasteiger partial charge in [-0.15, -0.1) is 36.2 Å². The van der Waals surface area contributed by atoms with E-state index >= 15 is 0 Å². The van der Waals surface area contributed by atoms with Gasteiger partial charge in [-0.1, -0.05) is 5.16 Å². The van der Waals surface area contributed by atoms with Crippen molar-refractivity contribution in [1.29, 1.82) is 0 Å². The number of nitrogens with two attached hydrogens (primary N) is 1. The first-order chi connectivity index (χ1) is 11.3. The molecule has 4 heterocycles. The van der Waals surface area contributed by atoms with Crippen LogP contribution in [0.25, 0.3) is 10.2 Å². The normalized spacial score (nSPS) is 15.0. The molecular formula is C14H19Cl2N7OS.